The van der Waals surface area contributed by atoms with Crippen LogP contribution in [0.4, 0.5) is 0 Å². The molecule has 28 heavy (non-hydrogen) atoms. The number of rotatable bonds is 1. The van der Waals surface area contributed by atoms with Gasteiger partial charge in [0.15, 0.2) is 5.41 Å². The van der Waals surface area contributed by atoms with Crippen LogP contribution in [0, 0.1) is 45.3 Å². The largest absolute Gasteiger partial charge is 0.508 e. The first kappa shape index (κ1) is 17.7. The lowest BCUT2D eigenvalue weighted by molar-refractivity contribution is 0.310. The fraction of sp³-hybridized carbons (Fsp3) is 0.261. The molecule has 0 heterocycles. The molecule has 2 aliphatic carbocycles. The zero-order chi connectivity index (χ0) is 19.9. The summed E-state index contributed by atoms with van der Waals surface area (Å²) in [5.74, 6) is -0.847. The van der Waals surface area contributed by atoms with Crippen molar-refractivity contribution in [3.8, 4) is 24.0 Å². The van der Waals surface area contributed by atoms with Crippen LogP contribution < -0.4 is 5.73 Å². The first-order chi connectivity index (χ1) is 13.6. The Hall–Kier alpha value is -3.75. The van der Waals surface area contributed by atoms with E-state index in [9.17, 15) is 20.9 Å². The topological polar surface area (TPSA) is 118 Å². The van der Waals surface area contributed by atoms with Crippen molar-refractivity contribution in [3.05, 3.63) is 64.9 Å². The first-order valence-corrected chi connectivity index (χ1v) is 9.23. The van der Waals surface area contributed by atoms with Gasteiger partial charge in [0.1, 0.15) is 11.8 Å². The third kappa shape index (κ3) is 2.22. The molecule has 0 radical (unpaired) electrons. The zero-order valence-corrected chi connectivity index (χ0v) is 15.2. The maximum Gasteiger partial charge on any atom is 0.191 e. The maximum absolute atomic E-state index is 10.8. The molecule has 4 rings (SSSR count). The summed E-state index contributed by atoms with van der Waals surface area (Å²) < 4.78 is 0. The monoisotopic (exact) mass is 366 g/mol. The zero-order valence-electron chi connectivity index (χ0n) is 15.2. The highest BCUT2D eigenvalue weighted by Crippen LogP contribution is 2.58. The highest BCUT2D eigenvalue weighted by molar-refractivity contribution is 5.89. The van der Waals surface area contributed by atoms with Gasteiger partial charge in [0.25, 0.3) is 0 Å². The van der Waals surface area contributed by atoms with Gasteiger partial charge in [-0.25, -0.2) is 0 Å². The standard InChI is InChI=1S/C23H18N4O/c24-11-18-16-7-3-4-8-17(16)21(23(12-25,13-26)22(18)27)20-15-6-2-1-5-14(15)9-10-19(20)28/h1-2,5-7,9-10,17,21,28H,3-4,8,27H2/t17-,21+/m0/s1. The number of nitrogens with zero attached hydrogens (tertiary/aromatic N) is 3. The van der Waals surface area contributed by atoms with E-state index >= 15 is 0 Å². The van der Waals surface area contributed by atoms with Gasteiger partial charge in [-0.05, 0) is 47.6 Å². The van der Waals surface area contributed by atoms with Gasteiger partial charge in [0.05, 0.1) is 23.4 Å². The van der Waals surface area contributed by atoms with E-state index < -0.39 is 11.3 Å². The Balaban J connectivity index is 2.13. The molecule has 136 valence electrons. The van der Waals surface area contributed by atoms with E-state index in [1.807, 2.05) is 36.4 Å². The van der Waals surface area contributed by atoms with Gasteiger partial charge in [-0.2, -0.15) is 15.8 Å². The van der Waals surface area contributed by atoms with Crippen molar-refractivity contribution in [2.45, 2.75) is 25.2 Å². The lowest BCUT2D eigenvalue weighted by atomic mass is 9.56. The van der Waals surface area contributed by atoms with Crippen LogP contribution in [0.15, 0.2) is 59.3 Å². The minimum absolute atomic E-state index is 0.0123. The molecule has 0 spiro atoms. The van der Waals surface area contributed by atoms with Crippen molar-refractivity contribution in [1.82, 2.24) is 0 Å². The van der Waals surface area contributed by atoms with E-state index in [1.165, 1.54) is 0 Å². The molecule has 0 aliphatic heterocycles. The Morgan fingerprint density at radius 3 is 2.54 bits per heavy atom. The van der Waals surface area contributed by atoms with Crippen LogP contribution in [0.3, 0.4) is 0 Å². The number of hydrogen-bond acceptors (Lipinski definition) is 5. The van der Waals surface area contributed by atoms with Crippen LogP contribution in [-0.2, 0) is 0 Å². The van der Waals surface area contributed by atoms with E-state index in [-0.39, 0.29) is 22.9 Å². The Kier molecular flexibility index (Phi) is 4.07. The maximum atomic E-state index is 10.8. The molecule has 5 heteroatoms. The van der Waals surface area contributed by atoms with Crippen LogP contribution in [0.25, 0.3) is 10.8 Å². The van der Waals surface area contributed by atoms with Gasteiger partial charge in [-0.15, -0.1) is 0 Å². The predicted molar refractivity (Wildman–Crippen MR) is 104 cm³/mol. The highest BCUT2D eigenvalue weighted by Gasteiger charge is 2.54. The number of nitrogens with two attached hydrogens (primary N) is 1. The average Bonchev–Trinajstić information content (AvgIpc) is 2.74. The SMILES string of the molecule is N#CC1=C(N)C(C#N)(C#N)[C@@H](c2c(O)ccc3ccccc23)[C@H]2CCCC=C12. The second-order valence-corrected chi connectivity index (χ2v) is 7.33. The molecule has 2 aliphatic rings. The van der Waals surface area contributed by atoms with Crippen LogP contribution in [-0.4, -0.2) is 5.11 Å². The fourth-order valence-electron chi connectivity index (χ4n) is 4.80. The number of nitriles is 3. The molecular weight excluding hydrogens is 348 g/mol. The van der Waals surface area contributed by atoms with E-state index in [1.54, 1.807) is 6.07 Å². The molecule has 0 fully saturated rings. The Labute approximate surface area is 163 Å². The third-order valence-electron chi connectivity index (χ3n) is 6.06. The van der Waals surface area contributed by atoms with Gasteiger partial charge in [-0.3, -0.25) is 0 Å². The molecule has 0 saturated heterocycles. The molecule has 0 unspecified atom stereocenters. The summed E-state index contributed by atoms with van der Waals surface area (Å²) in [6.45, 7) is 0. The average molecular weight is 366 g/mol. The molecule has 3 N–H and O–H groups in total. The van der Waals surface area contributed by atoms with Crippen molar-refractivity contribution in [2.24, 2.45) is 17.1 Å². The van der Waals surface area contributed by atoms with Crippen molar-refractivity contribution >= 4 is 10.8 Å². The number of fused-ring (bicyclic) bond motifs is 2. The lowest BCUT2D eigenvalue weighted by Gasteiger charge is -2.43. The number of phenols is 1. The summed E-state index contributed by atoms with van der Waals surface area (Å²) in [7, 11) is 0. The Morgan fingerprint density at radius 1 is 1.07 bits per heavy atom. The summed E-state index contributed by atoms with van der Waals surface area (Å²) in [6.07, 6.45) is 4.43. The molecule has 2 atom stereocenters. The molecule has 2 aromatic rings. The first-order valence-electron chi connectivity index (χ1n) is 9.23. The molecular formula is C23H18N4O. The molecule has 0 aromatic heterocycles. The second kappa shape index (κ2) is 6.45. The van der Waals surface area contributed by atoms with Crippen molar-refractivity contribution < 1.29 is 5.11 Å². The van der Waals surface area contributed by atoms with Gasteiger partial charge < -0.3 is 10.8 Å². The van der Waals surface area contributed by atoms with E-state index in [4.69, 9.17) is 5.73 Å². The van der Waals surface area contributed by atoms with Crippen molar-refractivity contribution in [3.63, 3.8) is 0 Å². The van der Waals surface area contributed by atoms with Crippen molar-refractivity contribution in [2.75, 3.05) is 0 Å². The van der Waals surface area contributed by atoms with E-state index in [0.717, 1.165) is 35.6 Å². The normalized spacial score (nSPS) is 23.1. The van der Waals surface area contributed by atoms with Crippen LogP contribution in [0.2, 0.25) is 0 Å². The molecule has 0 amide bonds. The summed E-state index contributed by atoms with van der Waals surface area (Å²) in [5, 5.41) is 42.5. The Bertz CT molecular complexity index is 1160. The molecule has 0 saturated carbocycles. The lowest BCUT2D eigenvalue weighted by Crippen LogP contribution is -2.42. The molecule has 0 bridgehead atoms. The van der Waals surface area contributed by atoms with E-state index in [0.29, 0.717) is 5.56 Å². The van der Waals surface area contributed by atoms with Crippen LogP contribution >= 0.6 is 0 Å². The van der Waals surface area contributed by atoms with Gasteiger partial charge in [-0.1, -0.05) is 36.4 Å². The summed E-state index contributed by atoms with van der Waals surface area (Å²) in [4.78, 5) is 0. The number of phenolic OH excluding ortho intramolecular Hbond substituents is 1. The summed E-state index contributed by atoms with van der Waals surface area (Å²) in [5.41, 5.74) is 6.17. The minimum atomic E-state index is -1.72. The van der Waals surface area contributed by atoms with E-state index in [2.05, 4.69) is 18.2 Å². The summed E-state index contributed by atoms with van der Waals surface area (Å²) >= 11 is 0. The van der Waals surface area contributed by atoms with Gasteiger partial charge in [0, 0.05) is 11.5 Å². The quantitative estimate of drug-likeness (QED) is 0.786. The Morgan fingerprint density at radius 2 is 1.82 bits per heavy atom. The smallest absolute Gasteiger partial charge is 0.191 e. The van der Waals surface area contributed by atoms with Gasteiger partial charge >= 0.3 is 0 Å². The summed E-state index contributed by atoms with van der Waals surface area (Å²) in [6, 6.07) is 17.4. The number of aromatic hydroxyl groups is 1. The number of allylic oxidation sites excluding steroid dienone is 4. The number of benzene rings is 2. The second-order valence-electron chi connectivity index (χ2n) is 7.33. The molecule has 2 aromatic carbocycles. The molecule has 5 nitrogen and oxygen atoms in total. The fourth-order valence-corrected chi connectivity index (χ4v) is 4.80. The number of hydrogen-bond donors (Lipinski definition) is 2. The van der Waals surface area contributed by atoms with Crippen LogP contribution in [0.5, 0.6) is 5.75 Å². The van der Waals surface area contributed by atoms with Crippen molar-refractivity contribution in [1.29, 1.82) is 15.8 Å². The predicted octanol–water partition coefficient (Wildman–Crippen LogP) is 4.14. The highest BCUT2D eigenvalue weighted by atomic mass is 16.3. The third-order valence-corrected chi connectivity index (χ3v) is 6.06. The van der Waals surface area contributed by atoms with Gasteiger partial charge in [0.2, 0.25) is 0 Å². The minimum Gasteiger partial charge on any atom is -0.508 e. The van der Waals surface area contributed by atoms with Crippen LogP contribution in [0.1, 0.15) is 30.7 Å².